The molecule has 0 saturated heterocycles. The summed E-state index contributed by atoms with van der Waals surface area (Å²) in [5.41, 5.74) is 1.96. The molecule has 1 amide bonds. The Morgan fingerprint density at radius 2 is 1.78 bits per heavy atom. The van der Waals surface area contributed by atoms with E-state index in [2.05, 4.69) is 15.4 Å². The van der Waals surface area contributed by atoms with Crippen molar-refractivity contribution in [1.82, 2.24) is 20.1 Å². The molecule has 4 rings (SSSR count). The molecule has 2 aromatic heterocycles. The number of hydrogen-bond acceptors (Lipinski definition) is 3. The summed E-state index contributed by atoms with van der Waals surface area (Å²) >= 11 is 5.89. The molecule has 32 heavy (non-hydrogen) atoms. The Labute approximate surface area is 186 Å². The quantitative estimate of drug-likeness (QED) is 0.442. The molecular formula is C23H18ClF3N4O. The molecular weight excluding hydrogens is 441 g/mol. The van der Waals surface area contributed by atoms with Crippen LogP contribution in [0, 0.1) is 0 Å². The molecule has 164 valence electrons. The number of nitrogens with one attached hydrogen (secondary N) is 1. The highest BCUT2D eigenvalue weighted by molar-refractivity contribution is 6.30. The molecule has 5 nitrogen and oxygen atoms in total. The molecule has 0 spiro atoms. The number of amides is 1. The number of aryl methyl sites for hydroxylation is 1. The van der Waals surface area contributed by atoms with Crippen LogP contribution in [0.15, 0.2) is 60.8 Å². The van der Waals surface area contributed by atoms with Gasteiger partial charge in [0.15, 0.2) is 5.65 Å². The Balaban J connectivity index is 1.60. The predicted octanol–water partition coefficient (Wildman–Crippen LogP) is 5.28. The topological polar surface area (TPSA) is 59.8 Å². The zero-order chi connectivity index (χ0) is 22.9. The van der Waals surface area contributed by atoms with Gasteiger partial charge in [-0.25, -0.2) is 4.98 Å². The Morgan fingerprint density at radius 3 is 2.44 bits per heavy atom. The lowest BCUT2D eigenvalue weighted by Gasteiger charge is -2.10. The Morgan fingerprint density at radius 1 is 1.09 bits per heavy atom. The van der Waals surface area contributed by atoms with Crippen molar-refractivity contribution in [3.63, 3.8) is 0 Å². The van der Waals surface area contributed by atoms with E-state index in [0.29, 0.717) is 45.8 Å². The maximum atomic E-state index is 12.9. The molecule has 0 aliphatic rings. The van der Waals surface area contributed by atoms with Gasteiger partial charge in [-0.3, -0.25) is 9.48 Å². The average Bonchev–Trinajstić information content (AvgIpc) is 3.14. The molecule has 2 aromatic carbocycles. The number of alkyl halides is 3. The molecule has 0 radical (unpaired) electrons. The maximum Gasteiger partial charge on any atom is 0.416 e. The minimum atomic E-state index is -4.42. The van der Waals surface area contributed by atoms with Crippen LogP contribution in [0.1, 0.15) is 21.5 Å². The van der Waals surface area contributed by atoms with Gasteiger partial charge in [-0.1, -0.05) is 35.9 Å². The Hall–Kier alpha value is -3.39. The zero-order valence-corrected chi connectivity index (χ0v) is 17.7. The first kappa shape index (κ1) is 21.8. The van der Waals surface area contributed by atoms with Gasteiger partial charge < -0.3 is 5.32 Å². The summed E-state index contributed by atoms with van der Waals surface area (Å²) < 4.78 is 40.2. The second-order valence-corrected chi connectivity index (χ2v) is 7.70. The normalized spacial score (nSPS) is 11.7. The number of halogens is 4. The van der Waals surface area contributed by atoms with Gasteiger partial charge in [0, 0.05) is 24.2 Å². The molecule has 0 saturated carbocycles. The molecule has 9 heteroatoms. The summed E-state index contributed by atoms with van der Waals surface area (Å²) in [5, 5.41) is 8.26. The van der Waals surface area contributed by atoms with Crippen LogP contribution in [0.4, 0.5) is 13.2 Å². The minimum Gasteiger partial charge on any atom is -0.352 e. The summed E-state index contributed by atoms with van der Waals surface area (Å²) in [5.74, 6) is -0.312. The van der Waals surface area contributed by atoms with Gasteiger partial charge in [-0.2, -0.15) is 18.3 Å². The predicted molar refractivity (Wildman–Crippen MR) is 116 cm³/mol. The highest BCUT2D eigenvalue weighted by Crippen LogP contribution is 2.31. The van der Waals surface area contributed by atoms with Crippen LogP contribution in [0.5, 0.6) is 0 Å². The third kappa shape index (κ3) is 4.60. The maximum absolute atomic E-state index is 12.9. The van der Waals surface area contributed by atoms with E-state index >= 15 is 0 Å². The fraction of sp³-hybridized carbons (Fsp3) is 0.174. The van der Waals surface area contributed by atoms with E-state index in [1.165, 1.54) is 16.8 Å². The van der Waals surface area contributed by atoms with Gasteiger partial charge in [0.1, 0.15) is 0 Å². The molecule has 0 bridgehead atoms. The molecule has 0 unspecified atom stereocenters. The summed E-state index contributed by atoms with van der Waals surface area (Å²) in [6.07, 6.45) is -2.25. The number of benzene rings is 2. The fourth-order valence-electron chi connectivity index (χ4n) is 3.35. The van der Waals surface area contributed by atoms with Crippen molar-refractivity contribution in [1.29, 1.82) is 0 Å². The van der Waals surface area contributed by atoms with E-state index in [1.807, 2.05) is 12.1 Å². The molecule has 0 aliphatic carbocycles. The summed E-state index contributed by atoms with van der Waals surface area (Å²) in [6, 6.07) is 13.6. The number of pyridine rings is 1. The van der Waals surface area contributed by atoms with Crippen LogP contribution in [-0.4, -0.2) is 27.2 Å². The largest absolute Gasteiger partial charge is 0.416 e. The average molecular weight is 459 g/mol. The SMILES string of the molecule is Cn1ncc2c(C(=O)NCCc3ccc(Cl)cc3)cc(-c3ccc(C(F)(F)F)cc3)nc21. The number of carbonyl (C=O) groups is 1. The first-order chi connectivity index (χ1) is 15.2. The van der Waals surface area contributed by atoms with Crippen LogP contribution in [0.3, 0.4) is 0 Å². The molecule has 2 heterocycles. The highest BCUT2D eigenvalue weighted by Gasteiger charge is 2.30. The van der Waals surface area contributed by atoms with Gasteiger partial charge in [0.05, 0.1) is 28.4 Å². The summed E-state index contributed by atoms with van der Waals surface area (Å²) in [6.45, 7) is 0.403. The number of hydrogen-bond donors (Lipinski definition) is 1. The van der Waals surface area contributed by atoms with Crippen LogP contribution in [-0.2, 0) is 19.6 Å². The van der Waals surface area contributed by atoms with Crippen LogP contribution < -0.4 is 5.32 Å². The zero-order valence-electron chi connectivity index (χ0n) is 16.9. The minimum absolute atomic E-state index is 0.312. The van der Waals surface area contributed by atoms with Gasteiger partial charge in [-0.15, -0.1) is 0 Å². The molecule has 0 atom stereocenters. The van der Waals surface area contributed by atoms with Gasteiger partial charge in [0.2, 0.25) is 0 Å². The first-order valence-corrected chi connectivity index (χ1v) is 10.1. The number of nitrogens with zero attached hydrogens (tertiary/aromatic N) is 3. The van der Waals surface area contributed by atoms with E-state index in [9.17, 15) is 18.0 Å². The number of fused-ring (bicyclic) bond motifs is 1. The lowest BCUT2D eigenvalue weighted by atomic mass is 10.0. The third-order valence-electron chi connectivity index (χ3n) is 5.07. The lowest BCUT2D eigenvalue weighted by molar-refractivity contribution is -0.137. The smallest absolute Gasteiger partial charge is 0.352 e. The first-order valence-electron chi connectivity index (χ1n) is 9.75. The third-order valence-corrected chi connectivity index (χ3v) is 5.32. The van der Waals surface area contributed by atoms with E-state index in [0.717, 1.165) is 17.7 Å². The van der Waals surface area contributed by atoms with Crippen molar-refractivity contribution >= 4 is 28.5 Å². The molecule has 4 aromatic rings. The second-order valence-electron chi connectivity index (χ2n) is 7.27. The Bertz CT molecular complexity index is 1270. The van der Waals surface area contributed by atoms with Crippen molar-refractivity contribution in [3.05, 3.63) is 82.5 Å². The number of rotatable bonds is 5. The Kier molecular flexibility index (Phi) is 5.88. The molecule has 0 aliphatic heterocycles. The van der Waals surface area contributed by atoms with Crippen molar-refractivity contribution in [2.45, 2.75) is 12.6 Å². The second kappa shape index (κ2) is 8.63. The van der Waals surface area contributed by atoms with Crippen molar-refractivity contribution < 1.29 is 18.0 Å². The van der Waals surface area contributed by atoms with Gasteiger partial charge in [-0.05, 0) is 42.3 Å². The van der Waals surface area contributed by atoms with E-state index in [4.69, 9.17) is 11.6 Å². The standard InChI is InChI=1S/C23H18ClF3N4O/c1-31-21-19(13-29-31)18(22(32)28-11-10-14-2-8-17(24)9-3-14)12-20(30-21)15-4-6-16(7-5-15)23(25,26)27/h2-9,12-13H,10-11H2,1H3,(H,28,32). The molecule has 0 fully saturated rings. The van der Waals surface area contributed by atoms with Crippen LogP contribution in [0.25, 0.3) is 22.3 Å². The monoisotopic (exact) mass is 458 g/mol. The number of aromatic nitrogens is 3. The highest BCUT2D eigenvalue weighted by atomic mass is 35.5. The fourth-order valence-corrected chi connectivity index (χ4v) is 3.47. The van der Waals surface area contributed by atoms with Crippen LogP contribution in [0.2, 0.25) is 5.02 Å². The summed E-state index contributed by atoms with van der Waals surface area (Å²) in [4.78, 5) is 17.4. The number of carbonyl (C=O) groups excluding carboxylic acids is 1. The van der Waals surface area contributed by atoms with E-state index in [-0.39, 0.29) is 5.91 Å². The van der Waals surface area contributed by atoms with Crippen molar-refractivity contribution in [2.24, 2.45) is 7.05 Å². The van der Waals surface area contributed by atoms with Crippen molar-refractivity contribution in [2.75, 3.05) is 6.54 Å². The van der Waals surface area contributed by atoms with E-state index < -0.39 is 11.7 Å². The van der Waals surface area contributed by atoms with E-state index in [1.54, 1.807) is 31.4 Å². The van der Waals surface area contributed by atoms with Crippen LogP contribution >= 0.6 is 11.6 Å². The molecule has 1 N–H and O–H groups in total. The van der Waals surface area contributed by atoms with Crippen molar-refractivity contribution in [3.8, 4) is 11.3 Å². The van der Waals surface area contributed by atoms with Gasteiger partial charge >= 0.3 is 6.18 Å². The van der Waals surface area contributed by atoms with Gasteiger partial charge in [0.25, 0.3) is 5.91 Å². The summed E-state index contributed by atoms with van der Waals surface area (Å²) in [7, 11) is 1.69. The lowest BCUT2D eigenvalue weighted by Crippen LogP contribution is -2.26.